The van der Waals surface area contributed by atoms with E-state index in [4.69, 9.17) is 33.3 Å². The summed E-state index contributed by atoms with van der Waals surface area (Å²) in [6, 6.07) is 18.1. The predicted octanol–water partition coefficient (Wildman–Crippen LogP) is 4.91. The Bertz CT molecular complexity index is 3190. The zero-order valence-corrected chi connectivity index (χ0v) is 50.6. The molecule has 1 N–H and O–H groups in total. The number of hydroxylamine groups is 2. The van der Waals surface area contributed by atoms with E-state index in [1.807, 2.05) is 67.6 Å². The van der Waals surface area contributed by atoms with Gasteiger partial charge in [0.1, 0.15) is 28.2 Å². The molecule has 22 heteroatoms. The maximum absolute atomic E-state index is 12.9. The first kappa shape index (κ1) is 64.8. The summed E-state index contributed by atoms with van der Waals surface area (Å²) >= 11 is 0. The molecule has 0 saturated carbocycles. The molecule has 81 heavy (non-hydrogen) atoms. The first-order valence-corrected chi connectivity index (χ1v) is 29.6. The Morgan fingerprint density at radius 2 is 1.43 bits per heavy atom. The van der Waals surface area contributed by atoms with Crippen LogP contribution < -0.4 is 39.2 Å². The second-order valence-corrected chi connectivity index (χ2v) is 23.2. The fourth-order valence-electron chi connectivity index (χ4n) is 10.1. The van der Waals surface area contributed by atoms with Gasteiger partial charge in [-0.15, -0.1) is 5.06 Å². The quantitative estimate of drug-likeness (QED) is 0.0233. The number of hydrogen-bond donors (Lipinski definition) is 1. The molecular formula is C59H71N3NaO16S2+. The molecule has 1 unspecified atom stereocenters. The Kier molecular flexibility index (Phi) is 23.8. The standard InChI is InChI=1S/C59H71N3O16S2.Na/c1-43-42-58(2,3)61(27-28-73-31-32-75-35-36-76-34-33-74-30-29-72-5)51-41-53-48(40-47(43)51)45(38-52(77-53)44-16-11-9-12-17-44)18-10-7-6-8-13-19-54-59(4,25-14-20-57(65)78-62-55(63)23-24-56(62)64)49-39-46(80(69,70)71)21-22-50(49)60(54)26-15-37-79(66,67)68;/h6-13,16-19,21-22,38-42H,14-15,20,23-37H2,1-5H3,(H-,66,67,68,69,70,71);/q;+1. The minimum absolute atomic E-state index is 0. The summed E-state index contributed by atoms with van der Waals surface area (Å²) in [6.07, 6.45) is 17.2. The van der Waals surface area contributed by atoms with Gasteiger partial charge in [0, 0.05) is 85.5 Å². The Morgan fingerprint density at radius 3 is 2.07 bits per heavy atom. The van der Waals surface area contributed by atoms with E-state index in [0.717, 1.165) is 33.5 Å². The van der Waals surface area contributed by atoms with E-state index in [0.29, 0.717) is 99.5 Å². The number of carbonyl (C=O) groups excluding carboxylic acids is 3. The van der Waals surface area contributed by atoms with Crippen molar-refractivity contribution in [3.05, 3.63) is 138 Å². The van der Waals surface area contributed by atoms with Crippen molar-refractivity contribution in [1.82, 2.24) is 5.06 Å². The van der Waals surface area contributed by atoms with Crippen LogP contribution in [0.3, 0.4) is 0 Å². The van der Waals surface area contributed by atoms with Crippen molar-refractivity contribution in [2.45, 2.75) is 82.1 Å². The minimum Gasteiger partial charge on any atom is -0.744 e. The number of amides is 2. The summed E-state index contributed by atoms with van der Waals surface area (Å²) in [7, 11) is -7.60. The summed E-state index contributed by atoms with van der Waals surface area (Å²) in [5.74, 6) is -1.23. The molecule has 4 heterocycles. The van der Waals surface area contributed by atoms with Gasteiger partial charge in [0.2, 0.25) is 5.69 Å². The first-order valence-electron chi connectivity index (χ1n) is 26.6. The molecule has 1 saturated heterocycles. The molecule has 4 aliphatic rings. The van der Waals surface area contributed by atoms with Crippen molar-refractivity contribution >= 4 is 72.0 Å². The second kappa shape index (κ2) is 29.7. The van der Waals surface area contributed by atoms with E-state index in [1.54, 1.807) is 29.9 Å². The molecule has 7 rings (SSSR count). The van der Waals surface area contributed by atoms with Crippen LogP contribution in [0.5, 0.6) is 5.75 Å². The Morgan fingerprint density at radius 1 is 0.802 bits per heavy atom. The largest absolute Gasteiger partial charge is 1.00 e. The molecule has 430 valence electrons. The molecule has 19 nitrogen and oxygen atoms in total. The molecule has 0 aliphatic carbocycles. The Balaban J connectivity index is 0.0000106. The third kappa shape index (κ3) is 17.6. The monoisotopic (exact) mass is 1160 g/mol. The van der Waals surface area contributed by atoms with Crippen molar-refractivity contribution in [3.63, 3.8) is 0 Å². The fraction of sp³-hybridized carbons (Fsp3) is 0.424. The van der Waals surface area contributed by atoms with E-state index in [9.17, 15) is 40.3 Å². The summed E-state index contributed by atoms with van der Waals surface area (Å²) < 4.78 is 106. The molecule has 0 bridgehead atoms. The molecule has 0 radical (unpaired) electrons. The second-order valence-electron chi connectivity index (χ2n) is 20.2. The van der Waals surface area contributed by atoms with Crippen molar-refractivity contribution in [3.8, 4) is 5.75 Å². The molecule has 3 aromatic rings. The van der Waals surface area contributed by atoms with E-state index in [2.05, 4.69) is 43.9 Å². The van der Waals surface area contributed by atoms with Gasteiger partial charge in [-0.25, -0.2) is 13.2 Å². The van der Waals surface area contributed by atoms with Gasteiger partial charge in [0.05, 0.1) is 81.1 Å². The summed E-state index contributed by atoms with van der Waals surface area (Å²) in [5, 5.41) is 0.470. The Labute approximate surface area is 497 Å². The summed E-state index contributed by atoms with van der Waals surface area (Å²) in [5.41, 5.74) is 6.12. The van der Waals surface area contributed by atoms with E-state index >= 15 is 0 Å². The average molecular weight is 1170 g/mol. The fourth-order valence-corrected chi connectivity index (χ4v) is 11.1. The normalized spacial score (nSPS) is 18.4. The van der Waals surface area contributed by atoms with Gasteiger partial charge >= 0.3 is 35.5 Å². The van der Waals surface area contributed by atoms with Crippen LogP contribution in [-0.4, -0.2) is 150 Å². The summed E-state index contributed by atoms with van der Waals surface area (Å²) in [4.78, 5) is 44.1. The van der Waals surface area contributed by atoms with E-state index in [-0.39, 0.29) is 80.2 Å². The van der Waals surface area contributed by atoms with Gasteiger partial charge in [-0.2, -0.15) is 13.0 Å². The molecule has 2 amide bonds. The number of anilines is 1. The topological polar surface area (TPSA) is 237 Å². The number of allylic oxidation sites excluding steroid dienone is 10. The van der Waals surface area contributed by atoms with Gasteiger partial charge in [-0.3, -0.25) is 14.1 Å². The third-order valence-corrected chi connectivity index (χ3v) is 15.6. The van der Waals surface area contributed by atoms with Gasteiger partial charge in [0.15, 0.2) is 5.71 Å². The molecule has 1 atom stereocenters. The molecule has 0 spiro atoms. The van der Waals surface area contributed by atoms with Crippen molar-refractivity contribution in [2.75, 3.05) is 90.3 Å². The SMILES string of the molecule is COCCOCCOCCOCCOCCN1c2cc3c(cc2C(C)=CC1(C)C)C(=CC=CC=CC=CC1=[N+](CCCS(=O)(=O)O)c2ccc(S(=O)(=O)[O-])cc2C1(C)CCCC(=O)ON1C(=O)CCC1=O)C=C(c1ccccc1)O3.[Na+]. The minimum atomic E-state index is -4.90. The van der Waals surface area contributed by atoms with Gasteiger partial charge < -0.3 is 42.7 Å². The molecule has 4 aliphatic heterocycles. The smallest absolute Gasteiger partial charge is 0.744 e. The van der Waals surface area contributed by atoms with Gasteiger partial charge in [-0.1, -0.05) is 72.9 Å². The van der Waals surface area contributed by atoms with Crippen LogP contribution in [0.25, 0.3) is 16.9 Å². The molecule has 1 fully saturated rings. The maximum Gasteiger partial charge on any atom is 1.00 e. The van der Waals surface area contributed by atoms with E-state index < -0.39 is 54.1 Å². The van der Waals surface area contributed by atoms with Crippen molar-refractivity contribution < 1.29 is 108 Å². The number of hydrogen-bond acceptors (Lipinski definition) is 16. The van der Waals surface area contributed by atoms with E-state index in [1.165, 1.54) is 18.2 Å². The number of nitrogens with zero attached hydrogens (tertiary/aromatic N) is 3. The van der Waals surface area contributed by atoms with Crippen LogP contribution in [0.4, 0.5) is 11.4 Å². The number of carbonyl (C=O) groups is 3. The molecule has 0 aromatic heterocycles. The van der Waals surface area contributed by atoms with Crippen molar-refractivity contribution in [2.24, 2.45) is 0 Å². The number of imide groups is 1. The van der Waals surface area contributed by atoms with Crippen molar-refractivity contribution in [1.29, 1.82) is 0 Å². The molecule has 3 aromatic carbocycles. The average Bonchev–Trinajstić information content (AvgIpc) is 3.85. The number of ether oxygens (including phenoxy) is 6. The Hall–Kier alpha value is -5.40. The zero-order chi connectivity index (χ0) is 57.5. The van der Waals surface area contributed by atoms with Gasteiger partial charge in [-0.05, 0) is 76.0 Å². The van der Waals surface area contributed by atoms with Gasteiger partial charge in [0.25, 0.3) is 21.9 Å². The van der Waals surface area contributed by atoms with Crippen LogP contribution in [0.2, 0.25) is 0 Å². The third-order valence-electron chi connectivity index (χ3n) is 14.0. The first-order chi connectivity index (χ1) is 38.2. The van der Waals surface area contributed by atoms with Crippen LogP contribution in [0.1, 0.15) is 88.5 Å². The van der Waals surface area contributed by atoms with Crippen LogP contribution in [0.15, 0.2) is 120 Å². The zero-order valence-electron chi connectivity index (χ0n) is 46.9. The molecular weight excluding hydrogens is 1090 g/mol. The summed E-state index contributed by atoms with van der Waals surface area (Å²) in [6.45, 7) is 13.4. The van der Waals surface area contributed by atoms with Crippen LogP contribution in [-0.2, 0) is 68.6 Å². The number of benzene rings is 3. The van der Waals surface area contributed by atoms with Crippen LogP contribution in [0, 0.1) is 0 Å². The number of fused-ring (bicyclic) bond motifs is 3. The van der Waals surface area contributed by atoms with Crippen LogP contribution >= 0.6 is 0 Å². The maximum atomic E-state index is 12.9. The number of rotatable bonds is 30. The number of methoxy groups -OCH3 is 1. The predicted molar refractivity (Wildman–Crippen MR) is 301 cm³/mol.